The second-order valence-corrected chi connectivity index (χ2v) is 3.76. The smallest absolute Gasteiger partial charge is 0.344 e. The van der Waals surface area contributed by atoms with Crippen LogP contribution in [0.15, 0.2) is 39.5 Å². The second-order valence-electron chi connectivity index (χ2n) is 3.04. The van der Waals surface area contributed by atoms with Gasteiger partial charge in [-0.05, 0) is 15.9 Å². The van der Waals surface area contributed by atoms with E-state index in [1.807, 2.05) is 30.3 Å². The first-order valence-corrected chi connectivity index (χ1v) is 5.32. The monoisotopic (exact) mass is 281 g/mol. The van der Waals surface area contributed by atoms with E-state index < -0.39 is 5.97 Å². The number of carbonyl (C=O) groups is 1. The Morgan fingerprint density at radius 3 is 2.69 bits per heavy atom. The van der Waals surface area contributed by atoms with E-state index >= 15 is 0 Å². The first kappa shape index (κ1) is 10.9. The third-order valence-corrected chi connectivity index (χ3v) is 2.63. The Labute approximate surface area is 100 Å². The van der Waals surface area contributed by atoms with Crippen molar-refractivity contribution in [1.82, 2.24) is 5.16 Å². The van der Waals surface area contributed by atoms with Crippen molar-refractivity contribution in [3.05, 3.63) is 40.6 Å². The fourth-order valence-corrected chi connectivity index (χ4v) is 1.76. The number of nitrogens with zero attached hydrogens (tertiary/aromatic N) is 1. The Bertz CT molecular complexity index is 507. The first-order valence-electron chi connectivity index (χ1n) is 4.53. The predicted molar refractivity (Wildman–Crippen MR) is 61.0 cm³/mol. The third-order valence-electron chi connectivity index (χ3n) is 2.09. The Morgan fingerprint density at radius 1 is 1.38 bits per heavy atom. The van der Waals surface area contributed by atoms with Crippen LogP contribution < -0.4 is 0 Å². The molecule has 0 amide bonds. The number of hydrogen-bond acceptors (Lipinski definition) is 4. The van der Waals surface area contributed by atoms with Gasteiger partial charge >= 0.3 is 5.97 Å². The summed E-state index contributed by atoms with van der Waals surface area (Å²) in [6.07, 6.45) is 0. The standard InChI is InChI=1S/C11H8BrNO3/c1-15-11(14)8-9(13-16-10(8)12)7-5-3-2-4-6-7/h2-6H,1H3. The first-order chi connectivity index (χ1) is 7.74. The number of methoxy groups -OCH3 is 1. The molecule has 82 valence electrons. The molecule has 5 heteroatoms. The zero-order valence-corrected chi connectivity index (χ0v) is 10.0. The largest absolute Gasteiger partial charge is 0.465 e. The molecular weight excluding hydrogens is 274 g/mol. The fourth-order valence-electron chi connectivity index (χ4n) is 1.34. The van der Waals surface area contributed by atoms with Crippen molar-refractivity contribution in [2.24, 2.45) is 0 Å². The van der Waals surface area contributed by atoms with E-state index in [0.29, 0.717) is 11.3 Å². The van der Waals surface area contributed by atoms with Crippen LogP contribution in [-0.2, 0) is 4.74 Å². The average molecular weight is 282 g/mol. The van der Waals surface area contributed by atoms with Crippen molar-refractivity contribution in [3.63, 3.8) is 0 Å². The van der Waals surface area contributed by atoms with Crippen LogP contribution in [-0.4, -0.2) is 18.2 Å². The molecule has 1 heterocycles. The van der Waals surface area contributed by atoms with Crippen molar-refractivity contribution >= 4 is 21.9 Å². The van der Waals surface area contributed by atoms with E-state index in [2.05, 4.69) is 25.8 Å². The number of hydrogen-bond donors (Lipinski definition) is 0. The number of ether oxygens (including phenoxy) is 1. The van der Waals surface area contributed by atoms with Gasteiger partial charge in [-0.1, -0.05) is 35.5 Å². The highest BCUT2D eigenvalue weighted by molar-refractivity contribution is 9.10. The molecule has 0 fully saturated rings. The minimum atomic E-state index is -0.480. The van der Waals surface area contributed by atoms with E-state index in [0.717, 1.165) is 5.56 Å². The van der Waals surface area contributed by atoms with Gasteiger partial charge < -0.3 is 9.26 Å². The topological polar surface area (TPSA) is 52.3 Å². The van der Waals surface area contributed by atoms with Gasteiger partial charge in [0, 0.05) is 5.56 Å². The Balaban J connectivity index is 2.55. The highest BCUT2D eigenvalue weighted by Crippen LogP contribution is 2.29. The van der Waals surface area contributed by atoms with Crippen LogP contribution in [0.2, 0.25) is 0 Å². The molecule has 4 nitrogen and oxygen atoms in total. The van der Waals surface area contributed by atoms with Gasteiger partial charge in [0.25, 0.3) is 0 Å². The van der Waals surface area contributed by atoms with Crippen LogP contribution in [0.1, 0.15) is 10.4 Å². The lowest BCUT2D eigenvalue weighted by Gasteiger charge is -1.99. The number of aromatic nitrogens is 1. The van der Waals surface area contributed by atoms with E-state index in [9.17, 15) is 4.79 Å². The molecule has 0 aliphatic carbocycles. The van der Waals surface area contributed by atoms with Gasteiger partial charge in [0.15, 0.2) is 0 Å². The molecule has 0 saturated heterocycles. The highest BCUT2D eigenvalue weighted by atomic mass is 79.9. The molecule has 0 aliphatic heterocycles. The summed E-state index contributed by atoms with van der Waals surface area (Å²) >= 11 is 3.13. The van der Waals surface area contributed by atoms with Crippen molar-refractivity contribution in [2.75, 3.05) is 7.11 Å². The summed E-state index contributed by atoms with van der Waals surface area (Å²) in [6.45, 7) is 0. The second kappa shape index (κ2) is 4.49. The number of carbonyl (C=O) groups excluding carboxylic acids is 1. The highest BCUT2D eigenvalue weighted by Gasteiger charge is 2.22. The minimum Gasteiger partial charge on any atom is -0.465 e. The number of benzene rings is 1. The summed E-state index contributed by atoms with van der Waals surface area (Å²) in [6, 6.07) is 9.29. The lowest BCUT2D eigenvalue weighted by atomic mass is 10.1. The fraction of sp³-hybridized carbons (Fsp3) is 0.0909. The van der Waals surface area contributed by atoms with Gasteiger partial charge in [-0.25, -0.2) is 4.79 Å². The molecular formula is C11H8BrNO3. The SMILES string of the molecule is COC(=O)c1c(-c2ccccc2)noc1Br. The van der Waals surface area contributed by atoms with E-state index in [-0.39, 0.29) is 4.67 Å². The predicted octanol–water partition coefficient (Wildman–Crippen LogP) is 2.89. The maximum absolute atomic E-state index is 11.5. The molecule has 0 unspecified atom stereocenters. The molecule has 0 bridgehead atoms. The lowest BCUT2D eigenvalue weighted by molar-refractivity contribution is 0.0599. The molecule has 0 aliphatic rings. The van der Waals surface area contributed by atoms with Crippen LogP contribution in [0.4, 0.5) is 0 Å². The molecule has 0 atom stereocenters. The van der Waals surface area contributed by atoms with Crippen LogP contribution in [0, 0.1) is 0 Å². The molecule has 1 aromatic heterocycles. The van der Waals surface area contributed by atoms with Crippen LogP contribution in [0.5, 0.6) is 0 Å². The van der Waals surface area contributed by atoms with Gasteiger partial charge in [0.05, 0.1) is 7.11 Å². The molecule has 0 saturated carbocycles. The molecule has 2 aromatic rings. The number of rotatable bonds is 2. The molecule has 0 N–H and O–H groups in total. The number of esters is 1. The quantitative estimate of drug-likeness (QED) is 0.795. The van der Waals surface area contributed by atoms with Gasteiger partial charge in [-0.15, -0.1) is 0 Å². The lowest BCUT2D eigenvalue weighted by Crippen LogP contribution is -2.02. The summed E-state index contributed by atoms with van der Waals surface area (Å²) in [7, 11) is 1.32. The van der Waals surface area contributed by atoms with Crippen molar-refractivity contribution in [2.45, 2.75) is 0 Å². The minimum absolute atomic E-state index is 0.276. The van der Waals surface area contributed by atoms with Crippen molar-refractivity contribution in [3.8, 4) is 11.3 Å². The maximum Gasteiger partial charge on any atom is 0.344 e. The van der Waals surface area contributed by atoms with Crippen molar-refractivity contribution in [1.29, 1.82) is 0 Å². The average Bonchev–Trinajstić information content (AvgIpc) is 2.71. The summed E-state index contributed by atoms with van der Waals surface area (Å²) < 4.78 is 9.88. The van der Waals surface area contributed by atoms with E-state index in [1.54, 1.807) is 0 Å². The van der Waals surface area contributed by atoms with Gasteiger partial charge in [0.1, 0.15) is 11.3 Å². The molecule has 0 spiro atoms. The number of halogens is 1. The van der Waals surface area contributed by atoms with Gasteiger partial charge in [-0.3, -0.25) is 0 Å². The molecule has 2 rings (SSSR count). The van der Waals surface area contributed by atoms with E-state index in [4.69, 9.17) is 4.52 Å². The normalized spacial score (nSPS) is 10.1. The van der Waals surface area contributed by atoms with Crippen LogP contribution in [0.3, 0.4) is 0 Å². The summed E-state index contributed by atoms with van der Waals surface area (Å²) in [5.41, 5.74) is 1.57. The Morgan fingerprint density at radius 2 is 2.06 bits per heavy atom. The summed E-state index contributed by atoms with van der Waals surface area (Å²) in [5, 5.41) is 3.83. The van der Waals surface area contributed by atoms with Crippen LogP contribution >= 0.6 is 15.9 Å². The van der Waals surface area contributed by atoms with Gasteiger partial charge in [0.2, 0.25) is 4.67 Å². The van der Waals surface area contributed by atoms with Gasteiger partial charge in [-0.2, -0.15) is 0 Å². The zero-order valence-electron chi connectivity index (χ0n) is 8.44. The molecule has 16 heavy (non-hydrogen) atoms. The summed E-state index contributed by atoms with van der Waals surface area (Å²) in [4.78, 5) is 11.5. The zero-order chi connectivity index (χ0) is 11.5. The third kappa shape index (κ3) is 1.86. The molecule has 0 radical (unpaired) electrons. The Hall–Kier alpha value is -1.62. The van der Waals surface area contributed by atoms with Crippen LogP contribution in [0.25, 0.3) is 11.3 Å². The molecule has 1 aromatic carbocycles. The maximum atomic E-state index is 11.5. The summed E-state index contributed by atoms with van der Waals surface area (Å²) in [5.74, 6) is -0.480. The van der Waals surface area contributed by atoms with Crippen molar-refractivity contribution < 1.29 is 14.1 Å². The Kier molecular flexibility index (Phi) is 3.05. The van der Waals surface area contributed by atoms with E-state index in [1.165, 1.54) is 7.11 Å².